The molecule has 20 heavy (non-hydrogen) atoms. The molecule has 0 aliphatic rings. The smallest absolute Gasteiger partial charge is 0.248 e. The van der Waals surface area contributed by atoms with E-state index in [2.05, 4.69) is 10.3 Å². The molecule has 0 radical (unpaired) electrons. The molecule has 0 saturated carbocycles. The molecule has 3 N–H and O–H groups in total. The maximum absolute atomic E-state index is 13.7. The highest BCUT2D eigenvalue weighted by atomic mass is 19.1. The second kappa shape index (κ2) is 6.77. The first-order valence-electron chi connectivity index (χ1n) is 6.35. The first-order chi connectivity index (χ1) is 9.66. The Labute approximate surface area is 116 Å². The maximum Gasteiger partial charge on any atom is 0.248 e. The maximum atomic E-state index is 13.7. The Morgan fingerprint density at radius 1 is 1.30 bits per heavy atom. The van der Waals surface area contributed by atoms with Crippen LogP contribution in [0.15, 0.2) is 42.6 Å². The van der Waals surface area contributed by atoms with Gasteiger partial charge >= 0.3 is 0 Å². The number of carbonyl (C=O) groups excluding carboxylic acids is 1. The van der Waals surface area contributed by atoms with Crippen molar-refractivity contribution < 1.29 is 9.18 Å². The normalized spacial score (nSPS) is 10.4. The predicted octanol–water partition coefficient (Wildman–Crippen LogP) is 1.65. The Balaban J connectivity index is 1.84. The lowest BCUT2D eigenvalue weighted by Gasteiger charge is -2.07. The van der Waals surface area contributed by atoms with Crippen molar-refractivity contribution in [3.63, 3.8) is 0 Å². The number of pyridine rings is 1. The molecule has 4 nitrogen and oxygen atoms in total. The van der Waals surface area contributed by atoms with Crippen LogP contribution in [0, 0.1) is 5.82 Å². The lowest BCUT2D eigenvalue weighted by molar-refractivity contribution is 0.1000. The number of carbonyl (C=O) groups is 1. The van der Waals surface area contributed by atoms with Gasteiger partial charge in [-0.1, -0.05) is 12.1 Å². The summed E-state index contributed by atoms with van der Waals surface area (Å²) in [6.45, 7) is 1.10. The first-order valence-corrected chi connectivity index (χ1v) is 6.35. The van der Waals surface area contributed by atoms with E-state index in [-0.39, 0.29) is 5.56 Å². The zero-order valence-electron chi connectivity index (χ0n) is 11.0. The minimum atomic E-state index is -0.626. The minimum Gasteiger partial charge on any atom is -0.366 e. The van der Waals surface area contributed by atoms with Gasteiger partial charge in [0, 0.05) is 42.5 Å². The fourth-order valence-corrected chi connectivity index (χ4v) is 1.83. The van der Waals surface area contributed by atoms with Crippen LogP contribution in [-0.2, 0) is 13.0 Å². The molecule has 0 aliphatic carbocycles. The molecule has 0 atom stereocenters. The molecular formula is C15H16FN3O. The van der Waals surface area contributed by atoms with Crippen molar-refractivity contribution in [1.29, 1.82) is 0 Å². The highest BCUT2D eigenvalue weighted by Gasteiger charge is 2.06. The Bertz CT molecular complexity index is 587. The molecule has 104 valence electrons. The molecule has 2 aromatic rings. The lowest BCUT2D eigenvalue weighted by atomic mass is 10.1. The third-order valence-corrected chi connectivity index (χ3v) is 2.94. The van der Waals surface area contributed by atoms with Crippen LogP contribution < -0.4 is 11.1 Å². The van der Waals surface area contributed by atoms with Gasteiger partial charge in [0.2, 0.25) is 5.91 Å². The number of hydrogen-bond donors (Lipinski definition) is 2. The highest BCUT2D eigenvalue weighted by Crippen LogP contribution is 2.10. The Morgan fingerprint density at radius 3 is 2.80 bits per heavy atom. The fourth-order valence-electron chi connectivity index (χ4n) is 1.83. The number of hydrogen-bond acceptors (Lipinski definition) is 3. The number of nitrogens with one attached hydrogen (secondary N) is 1. The van der Waals surface area contributed by atoms with Crippen LogP contribution in [-0.4, -0.2) is 17.4 Å². The summed E-state index contributed by atoms with van der Waals surface area (Å²) in [6, 6.07) is 10.0. The Hall–Kier alpha value is -2.27. The third kappa shape index (κ3) is 3.86. The third-order valence-electron chi connectivity index (χ3n) is 2.94. The topological polar surface area (TPSA) is 68.0 Å². The molecular weight excluding hydrogens is 257 g/mol. The molecule has 5 heteroatoms. The van der Waals surface area contributed by atoms with Crippen molar-refractivity contribution >= 4 is 5.91 Å². The second-order valence-electron chi connectivity index (χ2n) is 4.42. The minimum absolute atomic E-state index is 0.180. The van der Waals surface area contributed by atoms with Crippen molar-refractivity contribution in [2.75, 3.05) is 6.54 Å². The summed E-state index contributed by atoms with van der Waals surface area (Å²) >= 11 is 0. The average molecular weight is 273 g/mol. The zero-order valence-corrected chi connectivity index (χ0v) is 11.0. The first kappa shape index (κ1) is 14.1. The van der Waals surface area contributed by atoms with Gasteiger partial charge in [-0.25, -0.2) is 4.39 Å². The van der Waals surface area contributed by atoms with Crippen LogP contribution in [0.4, 0.5) is 4.39 Å². The van der Waals surface area contributed by atoms with Crippen molar-refractivity contribution in [3.05, 3.63) is 65.2 Å². The molecule has 0 fully saturated rings. The molecule has 2 rings (SSSR count). The summed E-state index contributed by atoms with van der Waals surface area (Å²) in [6.07, 6.45) is 2.53. The SMILES string of the molecule is NC(=O)c1ccc(CNCCc2ccccn2)c(F)c1. The van der Waals surface area contributed by atoms with Gasteiger partial charge in [-0.15, -0.1) is 0 Å². The molecule has 0 unspecified atom stereocenters. The van der Waals surface area contributed by atoms with Crippen molar-refractivity contribution in [1.82, 2.24) is 10.3 Å². The molecule has 1 aromatic heterocycles. The fraction of sp³-hybridized carbons (Fsp3) is 0.200. The number of aromatic nitrogens is 1. The van der Waals surface area contributed by atoms with Crippen LogP contribution in [0.1, 0.15) is 21.6 Å². The predicted molar refractivity (Wildman–Crippen MR) is 74.6 cm³/mol. The summed E-state index contributed by atoms with van der Waals surface area (Å²) in [5.41, 5.74) is 6.77. The van der Waals surface area contributed by atoms with E-state index in [4.69, 9.17) is 5.73 Å². The van der Waals surface area contributed by atoms with Crippen LogP contribution in [0.2, 0.25) is 0 Å². The van der Waals surface area contributed by atoms with Crippen LogP contribution in [0.3, 0.4) is 0 Å². The van der Waals surface area contributed by atoms with E-state index in [0.717, 1.165) is 18.2 Å². The number of nitrogens with zero attached hydrogens (tertiary/aromatic N) is 1. The molecule has 1 heterocycles. The summed E-state index contributed by atoms with van der Waals surface area (Å²) in [5, 5.41) is 3.14. The number of halogens is 1. The van der Waals surface area contributed by atoms with E-state index in [9.17, 15) is 9.18 Å². The van der Waals surface area contributed by atoms with Crippen LogP contribution in [0.5, 0.6) is 0 Å². The van der Waals surface area contributed by atoms with Gasteiger partial charge < -0.3 is 11.1 Å². The van der Waals surface area contributed by atoms with Gasteiger partial charge in [0.1, 0.15) is 5.82 Å². The Morgan fingerprint density at radius 2 is 2.15 bits per heavy atom. The second-order valence-corrected chi connectivity index (χ2v) is 4.42. The monoisotopic (exact) mass is 273 g/mol. The van der Waals surface area contributed by atoms with Crippen molar-refractivity contribution in [3.8, 4) is 0 Å². The molecule has 1 aromatic carbocycles. The number of primary amides is 1. The van der Waals surface area contributed by atoms with Gasteiger partial charge in [0.25, 0.3) is 0 Å². The lowest BCUT2D eigenvalue weighted by Crippen LogP contribution is -2.18. The number of benzene rings is 1. The summed E-state index contributed by atoms with van der Waals surface area (Å²) < 4.78 is 13.7. The Kier molecular flexibility index (Phi) is 4.79. The molecule has 0 spiro atoms. The molecule has 1 amide bonds. The van der Waals surface area contributed by atoms with E-state index >= 15 is 0 Å². The number of rotatable bonds is 6. The number of amides is 1. The van der Waals surface area contributed by atoms with Gasteiger partial charge in [-0.2, -0.15) is 0 Å². The summed E-state index contributed by atoms with van der Waals surface area (Å²) in [4.78, 5) is 15.1. The zero-order chi connectivity index (χ0) is 14.4. The largest absolute Gasteiger partial charge is 0.366 e. The van der Waals surface area contributed by atoms with Crippen LogP contribution >= 0.6 is 0 Å². The summed E-state index contributed by atoms with van der Waals surface area (Å²) in [7, 11) is 0. The van der Waals surface area contributed by atoms with Crippen molar-refractivity contribution in [2.24, 2.45) is 5.73 Å². The molecule has 0 bridgehead atoms. The van der Waals surface area contributed by atoms with E-state index in [1.54, 1.807) is 12.3 Å². The number of nitrogens with two attached hydrogens (primary N) is 1. The van der Waals surface area contributed by atoms with E-state index < -0.39 is 11.7 Å². The summed E-state index contributed by atoms with van der Waals surface area (Å²) in [5.74, 6) is -1.05. The highest BCUT2D eigenvalue weighted by molar-refractivity contribution is 5.92. The molecule has 0 saturated heterocycles. The average Bonchev–Trinajstić information content (AvgIpc) is 2.46. The molecule has 0 aliphatic heterocycles. The van der Waals surface area contributed by atoms with Gasteiger partial charge in [-0.05, 0) is 24.3 Å². The van der Waals surface area contributed by atoms with Crippen molar-refractivity contribution in [2.45, 2.75) is 13.0 Å². The van der Waals surface area contributed by atoms with E-state index in [1.165, 1.54) is 6.07 Å². The van der Waals surface area contributed by atoms with Gasteiger partial charge in [0.05, 0.1) is 0 Å². The van der Waals surface area contributed by atoms with Crippen LogP contribution in [0.25, 0.3) is 0 Å². The standard InChI is InChI=1S/C15H16FN3O/c16-14-9-11(15(17)20)4-5-12(14)10-18-8-6-13-3-1-2-7-19-13/h1-5,7,9,18H,6,8,10H2,(H2,17,20). The van der Waals surface area contributed by atoms with E-state index in [0.29, 0.717) is 18.7 Å². The van der Waals surface area contributed by atoms with E-state index in [1.807, 2.05) is 18.2 Å². The van der Waals surface area contributed by atoms with Gasteiger partial charge in [-0.3, -0.25) is 9.78 Å². The quantitative estimate of drug-likeness (QED) is 0.786. The van der Waals surface area contributed by atoms with Gasteiger partial charge in [0.15, 0.2) is 0 Å².